The van der Waals surface area contributed by atoms with Crippen molar-refractivity contribution in [1.82, 2.24) is 10.2 Å². The first-order chi connectivity index (χ1) is 18.5. The van der Waals surface area contributed by atoms with E-state index in [4.69, 9.17) is 23.2 Å². The molecule has 0 unspecified atom stereocenters. The molecule has 39 heavy (non-hydrogen) atoms. The fraction of sp³-hybridized carbons (Fsp3) is 0.394. The average Bonchev–Trinajstić information content (AvgIpc) is 2.90. The van der Waals surface area contributed by atoms with Crippen molar-refractivity contribution in [2.75, 3.05) is 0 Å². The van der Waals surface area contributed by atoms with Crippen LogP contribution in [0.5, 0.6) is 0 Å². The fourth-order valence-corrected chi connectivity index (χ4v) is 4.86. The lowest BCUT2D eigenvalue weighted by atomic mass is 9.86. The molecule has 0 aliphatic carbocycles. The molecule has 208 valence electrons. The summed E-state index contributed by atoms with van der Waals surface area (Å²) in [6.07, 6.45) is 2.06. The Morgan fingerprint density at radius 1 is 0.923 bits per heavy atom. The molecule has 1 N–H and O–H groups in total. The predicted octanol–water partition coefficient (Wildman–Crippen LogP) is 7.78. The number of amides is 2. The Bertz CT molecular complexity index is 1240. The van der Waals surface area contributed by atoms with E-state index in [2.05, 4.69) is 50.4 Å². The summed E-state index contributed by atoms with van der Waals surface area (Å²) in [7, 11) is 0. The highest BCUT2D eigenvalue weighted by Gasteiger charge is 2.31. The Hall–Kier alpha value is -2.82. The van der Waals surface area contributed by atoms with Crippen molar-refractivity contribution in [1.29, 1.82) is 0 Å². The number of aryl methyl sites for hydroxylation is 1. The molecule has 4 nitrogen and oxygen atoms in total. The van der Waals surface area contributed by atoms with Crippen LogP contribution in [-0.2, 0) is 34.4 Å². The normalized spacial score (nSPS) is 13.0. The molecular weight excluding hydrogens is 527 g/mol. The van der Waals surface area contributed by atoms with Gasteiger partial charge in [-0.25, -0.2) is 0 Å². The second-order valence-electron chi connectivity index (χ2n) is 11.2. The summed E-state index contributed by atoms with van der Waals surface area (Å²) in [5.74, 6) is -0.262. The van der Waals surface area contributed by atoms with E-state index < -0.39 is 6.04 Å². The number of rotatable bonds is 11. The number of hydrogen-bond donors (Lipinski definition) is 1. The largest absolute Gasteiger partial charge is 0.352 e. The van der Waals surface area contributed by atoms with Crippen molar-refractivity contribution in [3.05, 3.63) is 105 Å². The molecule has 0 heterocycles. The Kier molecular flexibility index (Phi) is 11.0. The topological polar surface area (TPSA) is 49.4 Å². The van der Waals surface area contributed by atoms with Crippen molar-refractivity contribution >= 4 is 35.0 Å². The van der Waals surface area contributed by atoms with E-state index in [-0.39, 0.29) is 36.2 Å². The average molecular weight is 568 g/mol. The zero-order valence-corrected chi connectivity index (χ0v) is 25.1. The highest BCUT2D eigenvalue weighted by Crippen LogP contribution is 2.26. The van der Waals surface area contributed by atoms with Gasteiger partial charge in [-0.15, -0.1) is 0 Å². The van der Waals surface area contributed by atoms with Crippen LogP contribution in [0.1, 0.15) is 69.7 Å². The quantitative estimate of drug-likeness (QED) is 0.257. The molecule has 0 fully saturated rings. The Morgan fingerprint density at radius 2 is 1.59 bits per heavy atom. The molecule has 0 saturated heterocycles. The maximum Gasteiger partial charge on any atom is 0.243 e. The molecule has 0 aromatic heterocycles. The molecule has 0 radical (unpaired) electrons. The summed E-state index contributed by atoms with van der Waals surface area (Å²) in [5.41, 5.74) is 4.14. The van der Waals surface area contributed by atoms with E-state index in [1.54, 1.807) is 17.0 Å². The molecule has 6 heteroatoms. The molecule has 3 aromatic carbocycles. The maximum atomic E-state index is 13.9. The van der Waals surface area contributed by atoms with Crippen molar-refractivity contribution in [2.45, 2.75) is 84.3 Å². The zero-order valence-electron chi connectivity index (χ0n) is 23.6. The van der Waals surface area contributed by atoms with E-state index in [0.29, 0.717) is 22.9 Å². The first kappa shape index (κ1) is 30.7. The standard InChI is InChI=1S/C33H40Cl2N2O2/c1-6-23(2)36-32(39)30(20-25-10-8-7-9-11-25)37(22-26-15-18-28(34)21-29(26)35)31(38)19-14-24-12-16-27(17-13-24)33(3,4)5/h7-13,15-18,21,23,30H,6,14,19-20,22H2,1-5H3,(H,36,39)/t23-,30+/m0/s1. The van der Waals surface area contributed by atoms with Gasteiger partial charge in [0.2, 0.25) is 11.8 Å². The number of nitrogens with one attached hydrogen (secondary N) is 1. The van der Waals surface area contributed by atoms with E-state index in [0.717, 1.165) is 23.1 Å². The summed E-state index contributed by atoms with van der Waals surface area (Å²) in [4.78, 5) is 29.2. The van der Waals surface area contributed by atoms with Gasteiger partial charge < -0.3 is 10.2 Å². The second kappa shape index (κ2) is 14.0. The van der Waals surface area contributed by atoms with Gasteiger partial charge in [-0.1, -0.05) is 112 Å². The smallest absolute Gasteiger partial charge is 0.243 e. The maximum absolute atomic E-state index is 13.9. The monoisotopic (exact) mass is 566 g/mol. The Labute approximate surface area is 243 Å². The molecular formula is C33H40Cl2N2O2. The van der Waals surface area contributed by atoms with Gasteiger partial charge in [0.25, 0.3) is 0 Å². The molecule has 0 aliphatic heterocycles. The minimum absolute atomic E-state index is 0.00632. The highest BCUT2D eigenvalue weighted by atomic mass is 35.5. The van der Waals surface area contributed by atoms with Crippen molar-refractivity contribution in [3.8, 4) is 0 Å². The van der Waals surface area contributed by atoms with Gasteiger partial charge in [0.15, 0.2) is 0 Å². The van der Waals surface area contributed by atoms with Crippen LogP contribution in [-0.4, -0.2) is 28.8 Å². The van der Waals surface area contributed by atoms with E-state index in [1.807, 2.05) is 50.2 Å². The minimum atomic E-state index is -0.691. The van der Waals surface area contributed by atoms with Gasteiger partial charge in [0, 0.05) is 35.5 Å². The minimum Gasteiger partial charge on any atom is -0.352 e. The van der Waals surface area contributed by atoms with Gasteiger partial charge in [-0.2, -0.15) is 0 Å². The Morgan fingerprint density at radius 3 is 2.18 bits per heavy atom. The number of halogens is 2. The molecule has 3 rings (SSSR count). The van der Waals surface area contributed by atoms with Crippen molar-refractivity contribution in [3.63, 3.8) is 0 Å². The second-order valence-corrected chi connectivity index (χ2v) is 12.1. The van der Waals surface area contributed by atoms with Crippen molar-refractivity contribution in [2.24, 2.45) is 0 Å². The molecule has 0 bridgehead atoms. The van der Waals surface area contributed by atoms with E-state index in [1.165, 1.54) is 5.56 Å². The third kappa shape index (κ3) is 9.12. The lowest BCUT2D eigenvalue weighted by Crippen LogP contribution is -2.52. The fourth-order valence-electron chi connectivity index (χ4n) is 4.39. The number of carbonyl (C=O) groups is 2. The van der Waals surface area contributed by atoms with Crippen molar-refractivity contribution < 1.29 is 9.59 Å². The van der Waals surface area contributed by atoms with Crippen LogP contribution in [0.3, 0.4) is 0 Å². The van der Waals surface area contributed by atoms with Crippen LogP contribution < -0.4 is 5.32 Å². The van der Waals surface area contributed by atoms with Gasteiger partial charge in [-0.05, 0) is 59.6 Å². The van der Waals surface area contributed by atoms with Gasteiger partial charge in [-0.3, -0.25) is 9.59 Å². The summed E-state index contributed by atoms with van der Waals surface area (Å²) in [6.45, 7) is 10.8. The lowest BCUT2D eigenvalue weighted by molar-refractivity contribution is -0.141. The lowest BCUT2D eigenvalue weighted by Gasteiger charge is -2.32. The molecule has 3 aromatic rings. The van der Waals surface area contributed by atoms with Crippen LogP contribution in [0.25, 0.3) is 0 Å². The SMILES string of the molecule is CC[C@H](C)NC(=O)[C@@H](Cc1ccccc1)N(Cc1ccc(Cl)cc1Cl)C(=O)CCc1ccc(C(C)(C)C)cc1. The number of carbonyl (C=O) groups excluding carboxylic acids is 2. The predicted molar refractivity (Wildman–Crippen MR) is 162 cm³/mol. The summed E-state index contributed by atoms with van der Waals surface area (Å²) >= 11 is 12.7. The van der Waals surface area contributed by atoms with Crippen LogP contribution in [0.15, 0.2) is 72.8 Å². The number of nitrogens with zero attached hydrogens (tertiary/aromatic N) is 1. The summed E-state index contributed by atoms with van der Waals surface area (Å²) in [6, 6.07) is 22.8. The molecule has 0 saturated carbocycles. The molecule has 0 aliphatic rings. The van der Waals surface area contributed by atoms with Gasteiger partial charge in [0.05, 0.1) is 0 Å². The van der Waals surface area contributed by atoms with Gasteiger partial charge >= 0.3 is 0 Å². The van der Waals surface area contributed by atoms with Crippen LogP contribution in [0, 0.1) is 0 Å². The zero-order chi connectivity index (χ0) is 28.6. The Balaban J connectivity index is 1.92. The molecule has 0 spiro atoms. The molecule has 2 amide bonds. The third-order valence-electron chi connectivity index (χ3n) is 7.08. The highest BCUT2D eigenvalue weighted by molar-refractivity contribution is 6.35. The summed E-state index contributed by atoms with van der Waals surface area (Å²) < 4.78 is 0. The van der Waals surface area contributed by atoms with Crippen LogP contribution in [0.2, 0.25) is 10.0 Å². The molecule has 2 atom stereocenters. The first-order valence-corrected chi connectivity index (χ1v) is 14.4. The first-order valence-electron chi connectivity index (χ1n) is 13.6. The van der Waals surface area contributed by atoms with Gasteiger partial charge in [0.1, 0.15) is 6.04 Å². The van der Waals surface area contributed by atoms with E-state index in [9.17, 15) is 9.59 Å². The number of hydrogen-bond acceptors (Lipinski definition) is 2. The van der Waals surface area contributed by atoms with E-state index >= 15 is 0 Å². The van der Waals surface area contributed by atoms with Crippen LogP contribution in [0.4, 0.5) is 0 Å². The van der Waals surface area contributed by atoms with Crippen LogP contribution >= 0.6 is 23.2 Å². The third-order valence-corrected chi connectivity index (χ3v) is 7.66. The summed E-state index contributed by atoms with van der Waals surface area (Å²) in [5, 5.41) is 4.10. The number of benzene rings is 3.